The highest BCUT2D eigenvalue weighted by Gasteiger charge is 2.22. The van der Waals surface area contributed by atoms with Crippen LogP contribution in [-0.4, -0.2) is 40.6 Å². The monoisotopic (exact) mass is 230 g/mol. The molecule has 0 saturated carbocycles. The van der Waals surface area contributed by atoms with Crippen molar-refractivity contribution in [1.82, 2.24) is 10.2 Å². The SMILES string of the molecule is CCC[C@@H](NC(=O)N(CC)C(C)C)C(=O)O. The van der Waals surface area contributed by atoms with Crippen LogP contribution in [0.15, 0.2) is 0 Å². The molecule has 0 aliphatic heterocycles. The second kappa shape index (κ2) is 7.09. The van der Waals surface area contributed by atoms with E-state index >= 15 is 0 Å². The fourth-order valence-electron chi connectivity index (χ4n) is 1.52. The summed E-state index contributed by atoms with van der Waals surface area (Å²) in [7, 11) is 0. The Kier molecular flexibility index (Phi) is 6.53. The number of carboxylic acids is 1. The number of hydrogen-bond donors (Lipinski definition) is 2. The Hall–Kier alpha value is -1.26. The van der Waals surface area contributed by atoms with E-state index in [0.717, 1.165) is 6.42 Å². The number of urea groups is 1. The molecule has 1 atom stereocenters. The lowest BCUT2D eigenvalue weighted by Crippen LogP contribution is -2.50. The van der Waals surface area contributed by atoms with E-state index < -0.39 is 12.0 Å². The van der Waals surface area contributed by atoms with Crippen LogP contribution in [0.2, 0.25) is 0 Å². The van der Waals surface area contributed by atoms with Crippen molar-refractivity contribution in [1.29, 1.82) is 0 Å². The normalized spacial score (nSPS) is 12.3. The molecule has 0 rings (SSSR count). The zero-order chi connectivity index (χ0) is 12.7. The summed E-state index contributed by atoms with van der Waals surface area (Å²) >= 11 is 0. The molecule has 0 fully saturated rings. The minimum atomic E-state index is -0.977. The average molecular weight is 230 g/mol. The molecule has 5 nitrogen and oxygen atoms in total. The van der Waals surface area contributed by atoms with Crippen LogP contribution in [0.3, 0.4) is 0 Å². The van der Waals surface area contributed by atoms with Gasteiger partial charge in [0.05, 0.1) is 0 Å². The fourth-order valence-corrected chi connectivity index (χ4v) is 1.52. The molecule has 0 aliphatic carbocycles. The van der Waals surface area contributed by atoms with Crippen molar-refractivity contribution in [2.24, 2.45) is 0 Å². The van der Waals surface area contributed by atoms with Gasteiger partial charge in [0.2, 0.25) is 0 Å². The number of carbonyl (C=O) groups is 2. The lowest BCUT2D eigenvalue weighted by molar-refractivity contribution is -0.139. The van der Waals surface area contributed by atoms with E-state index in [1.165, 1.54) is 0 Å². The van der Waals surface area contributed by atoms with Crippen molar-refractivity contribution in [3.05, 3.63) is 0 Å². The van der Waals surface area contributed by atoms with Crippen molar-refractivity contribution in [2.45, 2.75) is 52.6 Å². The molecule has 0 heterocycles. The average Bonchev–Trinajstić information content (AvgIpc) is 2.17. The molecule has 94 valence electrons. The molecule has 0 spiro atoms. The maximum absolute atomic E-state index is 11.8. The number of nitrogens with one attached hydrogen (secondary N) is 1. The zero-order valence-electron chi connectivity index (χ0n) is 10.5. The van der Waals surface area contributed by atoms with E-state index in [-0.39, 0.29) is 12.1 Å². The van der Waals surface area contributed by atoms with Crippen LogP contribution in [0, 0.1) is 0 Å². The van der Waals surface area contributed by atoms with Crippen LogP contribution in [0.1, 0.15) is 40.5 Å². The number of rotatable bonds is 6. The minimum Gasteiger partial charge on any atom is -0.480 e. The third-order valence-electron chi connectivity index (χ3n) is 2.40. The van der Waals surface area contributed by atoms with Gasteiger partial charge in [-0.05, 0) is 27.2 Å². The highest BCUT2D eigenvalue weighted by molar-refractivity contribution is 5.82. The van der Waals surface area contributed by atoms with Gasteiger partial charge in [0.25, 0.3) is 0 Å². The van der Waals surface area contributed by atoms with Crippen molar-refractivity contribution in [3.8, 4) is 0 Å². The third kappa shape index (κ3) is 4.51. The number of carbonyl (C=O) groups excluding carboxylic acids is 1. The molecule has 5 heteroatoms. The molecule has 0 unspecified atom stereocenters. The van der Waals surface area contributed by atoms with Crippen LogP contribution in [0.5, 0.6) is 0 Å². The summed E-state index contributed by atoms with van der Waals surface area (Å²) in [6.07, 6.45) is 1.18. The van der Waals surface area contributed by atoms with E-state index in [4.69, 9.17) is 5.11 Å². The van der Waals surface area contributed by atoms with Gasteiger partial charge < -0.3 is 15.3 Å². The van der Waals surface area contributed by atoms with Crippen molar-refractivity contribution in [2.75, 3.05) is 6.54 Å². The molecular weight excluding hydrogens is 208 g/mol. The molecule has 16 heavy (non-hydrogen) atoms. The first-order valence-electron chi connectivity index (χ1n) is 5.73. The lowest BCUT2D eigenvalue weighted by Gasteiger charge is -2.27. The van der Waals surface area contributed by atoms with Gasteiger partial charge in [0, 0.05) is 12.6 Å². The van der Waals surface area contributed by atoms with Gasteiger partial charge in [-0.2, -0.15) is 0 Å². The lowest BCUT2D eigenvalue weighted by atomic mass is 10.2. The van der Waals surface area contributed by atoms with Gasteiger partial charge in [-0.15, -0.1) is 0 Å². The van der Waals surface area contributed by atoms with Crippen molar-refractivity contribution < 1.29 is 14.7 Å². The van der Waals surface area contributed by atoms with Crippen LogP contribution >= 0.6 is 0 Å². The van der Waals surface area contributed by atoms with Crippen molar-refractivity contribution in [3.63, 3.8) is 0 Å². The highest BCUT2D eigenvalue weighted by Crippen LogP contribution is 2.02. The molecule has 2 amide bonds. The third-order valence-corrected chi connectivity index (χ3v) is 2.40. The summed E-state index contributed by atoms with van der Waals surface area (Å²) in [6, 6.07) is -1.02. The molecule has 0 aromatic heterocycles. The summed E-state index contributed by atoms with van der Waals surface area (Å²) < 4.78 is 0. The standard InChI is InChI=1S/C11H22N2O3/c1-5-7-9(10(14)15)12-11(16)13(6-2)8(3)4/h8-9H,5-7H2,1-4H3,(H,12,16)(H,14,15)/t9-/m1/s1. The predicted molar refractivity (Wildman–Crippen MR) is 62.4 cm³/mol. The Labute approximate surface area is 96.8 Å². The van der Waals surface area contributed by atoms with Gasteiger partial charge in [-0.25, -0.2) is 9.59 Å². The van der Waals surface area contributed by atoms with Crippen molar-refractivity contribution >= 4 is 12.0 Å². The van der Waals surface area contributed by atoms with E-state index in [9.17, 15) is 9.59 Å². The summed E-state index contributed by atoms with van der Waals surface area (Å²) in [5.74, 6) is -0.977. The van der Waals surface area contributed by atoms with E-state index in [1.807, 2.05) is 27.7 Å². The Morgan fingerprint density at radius 3 is 2.19 bits per heavy atom. The van der Waals surface area contributed by atoms with Gasteiger partial charge in [0.1, 0.15) is 6.04 Å². The maximum atomic E-state index is 11.8. The summed E-state index contributed by atoms with van der Waals surface area (Å²) in [6.45, 7) is 8.14. The Morgan fingerprint density at radius 1 is 1.31 bits per heavy atom. The Morgan fingerprint density at radius 2 is 1.88 bits per heavy atom. The number of amides is 2. The number of hydrogen-bond acceptors (Lipinski definition) is 2. The van der Waals surface area contributed by atoms with Crippen LogP contribution in [-0.2, 0) is 4.79 Å². The largest absolute Gasteiger partial charge is 0.480 e. The van der Waals surface area contributed by atoms with Gasteiger partial charge >= 0.3 is 12.0 Å². The highest BCUT2D eigenvalue weighted by atomic mass is 16.4. The molecule has 0 saturated heterocycles. The van der Waals surface area contributed by atoms with E-state index in [2.05, 4.69) is 5.32 Å². The van der Waals surface area contributed by atoms with E-state index in [0.29, 0.717) is 13.0 Å². The Bertz CT molecular complexity index is 241. The molecule has 0 bridgehead atoms. The Balaban J connectivity index is 4.43. The molecule has 0 aromatic carbocycles. The minimum absolute atomic E-state index is 0.0704. The number of carboxylic acid groups (broad SMARTS) is 1. The number of nitrogens with zero attached hydrogens (tertiary/aromatic N) is 1. The first kappa shape index (κ1) is 14.7. The fraction of sp³-hybridized carbons (Fsp3) is 0.818. The van der Waals surface area contributed by atoms with Gasteiger partial charge in [-0.3, -0.25) is 0 Å². The van der Waals surface area contributed by atoms with Crippen LogP contribution in [0.25, 0.3) is 0 Å². The quantitative estimate of drug-likeness (QED) is 0.729. The van der Waals surface area contributed by atoms with Gasteiger partial charge in [-0.1, -0.05) is 13.3 Å². The zero-order valence-corrected chi connectivity index (χ0v) is 10.5. The summed E-state index contributed by atoms with van der Waals surface area (Å²) in [5, 5.41) is 11.5. The molecule has 0 aromatic rings. The van der Waals surface area contributed by atoms with E-state index in [1.54, 1.807) is 4.90 Å². The van der Waals surface area contributed by atoms with Crippen LogP contribution < -0.4 is 5.32 Å². The smallest absolute Gasteiger partial charge is 0.326 e. The topological polar surface area (TPSA) is 69.6 Å². The molecular formula is C11H22N2O3. The molecule has 0 radical (unpaired) electrons. The van der Waals surface area contributed by atoms with Crippen LogP contribution in [0.4, 0.5) is 4.79 Å². The maximum Gasteiger partial charge on any atom is 0.326 e. The number of aliphatic carboxylic acids is 1. The molecule has 2 N–H and O–H groups in total. The van der Waals surface area contributed by atoms with Gasteiger partial charge in [0.15, 0.2) is 0 Å². The first-order chi connectivity index (χ1) is 7.43. The summed E-state index contributed by atoms with van der Waals surface area (Å²) in [4.78, 5) is 24.2. The summed E-state index contributed by atoms with van der Waals surface area (Å²) in [5.41, 5.74) is 0. The second-order valence-electron chi connectivity index (χ2n) is 4.01. The first-order valence-corrected chi connectivity index (χ1v) is 5.73. The molecule has 0 aliphatic rings. The second-order valence-corrected chi connectivity index (χ2v) is 4.01. The predicted octanol–water partition coefficient (Wildman–Crippen LogP) is 1.68.